The molecule has 2 atom stereocenters. The Labute approximate surface area is 208 Å². The van der Waals surface area contributed by atoms with Gasteiger partial charge in [0.2, 0.25) is 5.91 Å². The quantitative estimate of drug-likeness (QED) is 0.393. The zero-order valence-corrected chi connectivity index (χ0v) is 23.0. The summed E-state index contributed by atoms with van der Waals surface area (Å²) in [5, 5.41) is -0.105. The van der Waals surface area contributed by atoms with Crippen molar-refractivity contribution in [2.45, 2.75) is 64.3 Å². The Morgan fingerprint density at radius 1 is 1.11 bits per heavy atom. The number of likely N-dealkylation sites (tertiary alicyclic amines) is 1. The van der Waals surface area contributed by atoms with Gasteiger partial charge in [-0.3, -0.25) is 14.4 Å². The summed E-state index contributed by atoms with van der Waals surface area (Å²) in [6.45, 7) is 10.7. The number of fused-ring (bicyclic) bond motifs is 1. The van der Waals surface area contributed by atoms with Crippen LogP contribution in [0.25, 0.3) is 0 Å². The van der Waals surface area contributed by atoms with E-state index in [9.17, 15) is 14.4 Å². The van der Waals surface area contributed by atoms with Crippen LogP contribution in [0, 0.1) is 5.41 Å². The minimum absolute atomic E-state index is 0.0396. The predicted octanol–water partition coefficient (Wildman–Crippen LogP) is 3.89. The maximum absolute atomic E-state index is 13.2. The third-order valence-electron chi connectivity index (χ3n) is 7.56. The number of hydrogen-bond donors (Lipinski definition) is 0. The lowest BCUT2D eigenvalue weighted by atomic mass is 9.74. The highest BCUT2D eigenvalue weighted by molar-refractivity contribution is 6.74. The molecule has 0 aromatic heterocycles. The van der Waals surface area contributed by atoms with Gasteiger partial charge in [-0.05, 0) is 42.2 Å². The molecule has 0 radical (unpaired) electrons. The molecule has 0 N–H and O–H groups in total. The van der Waals surface area contributed by atoms with Crippen molar-refractivity contribution in [3.63, 3.8) is 0 Å². The molecule has 192 valence electrons. The largest absolute Gasteiger partial charge is 0.493 e. The number of hydrogen-bond acceptors (Lipinski definition) is 7. The van der Waals surface area contributed by atoms with Gasteiger partial charge in [-0.25, -0.2) is 0 Å². The molecule has 0 unspecified atom stereocenters. The van der Waals surface area contributed by atoms with Crippen molar-refractivity contribution in [1.29, 1.82) is 0 Å². The van der Waals surface area contributed by atoms with Gasteiger partial charge in [0.15, 0.2) is 25.6 Å². The second-order valence-corrected chi connectivity index (χ2v) is 15.5. The van der Waals surface area contributed by atoms with E-state index in [1.807, 2.05) is 18.2 Å². The van der Waals surface area contributed by atoms with Crippen molar-refractivity contribution in [1.82, 2.24) is 4.90 Å². The summed E-state index contributed by atoms with van der Waals surface area (Å²) in [6, 6.07) is 5.57. The molecule has 1 amide bonds. The smallest absolute Gasteiger partial charge is 0.318 e. The second kappa shape index (κ2) is 9.77. The summed E-state index contributed by atoms with van der Waals surface area (Å²) in [4.78, 5) is 41.0. The highest BCUT2D eigenvalue weighted by atomic mass is 28.4. The number of methoxy groups -OCH3 is 3. The normalized spacial score (nSPS) is 22.6. The molecule has 1 aromatic carbocycles. The lowest BCUT2D eigenvalue weighted by molar-refractivity contribution is -0.153. The maximum atomic E-state index is 13.2. The molecule has 1 aliphatic heterocycles. The summed E-state index contributed by atoms with van der Waals surface area (Å²) in [6.07, 6.45) is 1.23. The van der Waals surface area contributed by atoms with E-state index in [-0.39, 0.29) is 29.6 Å². The van der Waals surface area contributed by atoms with E-state index >= 15 is 0 Å². The van der Waals surface area contributed by atoms with Crippen LogP contribution in [0.15, 0.2) is 30.0 Å². The lowest BCUT2D eigenvalue weighted by Crippen LogP contribution is -2.50. The van der Waals surface area contributed by atoms with E-state index in [1.165, 1.54) is 13.2 Å². The average Bonchev–Trinajstić information content (AvgIpc) is 3.07. The predicted molar refractivity (Wildman–Crippen MR) is 134 cm³/mol. The molecule has 1 aromatic rings. The van der Waals surface area contributed by atoms with Gasteiger partial charge in [-0.1, -0.05) is 26.8 Å². The monoisotopic (exact) mass is 503 g/mol. The Morgan fingerprint density at radius 3 is 2.34 bits per heavy atom. The molecule has 3 rings (SSSR count). The first-order chi connectivity index (χ1) is 16.3. The van der Waals surface area contributed by atoms with E-state index in [0.717, 1.165) is 5.56 Å². The highest BCUT2D eigenvalue weighted by Gasteiger charge is 2.58. The third-order valence-corrected chi connectivity index (χ3v) is 12.0. The number of carbonyl (C=O) groups is 3. The van der Waals surface area contributed by atoms with Gasteiger partial charge in [0.25, 0.3) is 0 Å². The Kier molecular flexibility index (Phi) is 7.52. The van der Waals surface area contributed by atoms with Gasteiger partial charge in [-0.15, -0.1) is 0 Å². The highest BCUT2D eigenvalue weighted by Crippen LogP contribution is 2.50. The summed E-state index contributed by atoms with van der Waals surface area (Å²) < 4.78 is 22.2. The Morgan fingerprint density at radius 2 is 1.77 bits per heavy atom. The number of rotatable bonds is 8. The zero-order valence-electron chi connectivity index (χ0n) is 22.0. The molecular weight excluding hydrogens is 466 g/mol. The van der Waals surface area contributed by atoms with Crippen molar-refractivity contribution in [3.05, 3.63) is 35.5 Å². The fourth-order valence-corrected chi connectivity index (χ4v) is 5.75. The van der Waals surface area contributed by atoms with Crippen LogP contribution in [0.4, 0.5) is 0 Å². The second-order valence-electron chi connectivity index (χ2n) is 10.7. The van der Waals surface area contributed by atoms with Crippen LogP contribution < -0.4 is 9.47 Å². The minimum atomic E-state index is -2.29. The van der Waals surface area contributed by atoms with Crippen molar-refractivity contribution in [3.8, 4) is 11.5 Å². The number of ketones is 1. The van der Waals surface area contributed by atoms with E-state index in [2.05, 4.69) is 33.9 Å². The van der Waals surface area contributed by atoms with Crippen molar-refractivity contribution >= 4 is 26.0 Å². The molecule has 1 heterocycles. The summed E-state index contributed by atoms with van der Waals surface area (Å²) in [5.74, 6) is 0.283. The van der Waals surface area contributed by atoms with Gasteiger partial charge in [0.1, 0.15) is 11.5 Å². The van der Waals surface area contributed by atoms with Gasteiger partial charge in [0.05, 0.1) is 21.3 Å². The van der Waals surface area contributed by atoms with Crippen LogP contribution in [0.3, 0.4) is 0 Å². The zero-order chi connectivity index (χ0) is 26.2. The third kappa shape index (κ3) is 5.02. The number of carbonyl (C=O) groups excluding carboxylic acids is 3. The van der Waals surface area contributed by atoms with Gasteiger partial charge in [0, 0.05) is 31.2 Å². The Hall–Kier alpha value is -2.65. The molecule has 2 aliphatic rings. The van der Waals surface area contributed by atoms with Crippen LogP contribution in [0.5, 0.6) is 11.5 Å². The molecule has 0 bridgehead atoms. The fourth-order valence-electron chi connectivity index (χ4n) is 4.48. The van der Waals surface area contributed by atoms with Crippen molar-refractivity contribution in [2.24, 2.45) is 5.41 Å². The number of amides is 1. The molecule has 1 fully saturated rings. The molecule has 8 nitrogen and oxygen atoms in total. The Bertz CT molecular complexity index is 1040. The van der Waals surface area contributed by atoms with Crippen molar-refractivity contribution in [2.75, 3.05) is 27.9 Å². The first-order valence-corrected chi connectivity index (χ1v) is 14.7. The van der Waals surface area contributed by atoms with Crippen LogP contribution in [-0.2, 0) is 30.0 Å². The summed E-state index contributed by atoms with van der Waals surface area (Å²) in [5.41, 5.74) is 0.132. The van der Waals surface area contributed by atoms with Gasteiger partial charge >= 0.3 is 5.97 Å². The first-order valence-electron chi connectivity index (χ1n) is 11.8. The number of ether oxygens (including phenoxy) is 3. The summed E-state index contributed by atoms with van der Waals surface area (Å²) in [7, 11) is 2.16. The lowest BCUT2D eigenvalue weighted by Gasteiger charge is -2.42. The Balaban J connectivity index is 1.90. The van der Waals surface area contributed by atoms with Gasteiger partial charge < -0.3 is 23.5 Å². The van der Waals surface area contributed by atoms with Crippen LogP contribution >= 0.6 is 0 Å². The van der Waals surface area contributed by atoms with E-state index in [0.29, 0.717) is 30.2 Å². The van der Waals surface area contributed by atoms with Gasteiger partial charge in [-0.2, -0.15) is 0 Å². The topological polar surface area (TPSA) is 91.4 Å². The van der Waals surface area contributed by atoms with E-state index < -0.39 is 25.8 Å². The van der Waals surface area contributed by atoms with Crippen molar-refractivity contribution < 1.29 is 33.0 Å². The van der Waals surface area contributed by atoms with Crippen LogP contribution in [-0.4, -0.2) is 64.9 Å². The van der Waals surface area contributed by atoms with E-state index in [4.69, 9.17) is 18.6 Å². The molecule has 1 saturated heterocycles. The number of benzene rings is 1. The minimum Gasteiger partial charge on any atom is -0.493 e. The van der Waals surface area contributed by atoms with E-state index in [1.54, 1.807) is 19.1 Å². The standard InChI is InChI=1S/C26H37NO7Si/c1-25(2,3)35(7,8)34-21-15-26(24(30)33-6)16-23(29)27(22(26)14-18(21)28)12-11-17-9-10-19(31-4)20(13-17)32-5/h9-10,13-14,21H,11-12,15-16H2,1-8H3/t21-,26+/m0/s1. The molecule has 0 spiro atoms. The van der Waals surface area contributed by atoms with Crippen LogP contribution in [0.1, 0.15) is 39.2 Å². The molecule has 1 aliphatic carbocycles. The maximum Gasteiger partial charge on any atom is 0.318 e. The number of esters is 1. The molecule has 0 saturated carbocycles. The first kappa shape index (κ1) is 26.9. The SMILES string of the molecule is COC(=O)[C@]12CC(=O)N(CCc3ccc(OC)c(OC)c3)C1=CC(=O)[C@@H](O[Si](C)(C)C(C)(C)C)C2. The fraction of sp³-hybridized carbons (Fsp3) is 0.577. The molecular formula is C26H37NO7Si. The average molecular weight is 504 g/mol. The van der Waals surface area contributed by atoms with Crippen LogP contribution in [0.2, 0.25) is 18.1 Å². The molecule has 35 heavy (non-hydrogen) atoms. The molecule has 9 heteroatoms. The number of nitrogens with zero attached hydrogens (tertiary/aromatic N) is 1. The summed E-state index contributed by atoms with van der Waals surface area (Å²) >= 11 is 0.